The van der Waals surface area contributed by atoms with E-state index in [0.29, 0.717) is 5.82 Å². The third-order valence-electron chi connectivity index (χ3n) is 7.11. The Kier molecular flexibility index (Phi) is 6.83. The molecule has 1 fully saturated rings. The van der Waals surface area contributed by atoms with Gasteiger partial charge in [0.15, 0.2) is 5.82 Å². The van der Waals surface area contributed by atoms with Gasteiger partial charge in [-0.15, -0.1) is 0 Å². The van der Waals surface area contributed by atoms with E-state index in [9.17, 15) is 4.79 Å². The molecule has 1 heterocycles. The smallest absolute Gasteiger partial charge is 0.426 e. The number of hydrogen-bond donors (Lipinski definition) is 1. The van der Waals surface area contributed by atoms with Crippen LogP contribution in [0.5, 0.6) is 0 Å². The van der Waals surface area contributed by atoms with Crippen LogP contribution in [0.1, 0.15) is 35.1 Å². The van der Waals surface area contributed by atoms with Crippen LogP contribution in [0.25, 0.3) is 0 Å². The van der Waals surface area contributed by atoms with E-state index in [1.165, 1.54) is 0 Å². The number of rotatable bonds is 9. The van der Waals surface area contributed by atoms with Crippen molar-refractivity contribution in [1.29, 1.82) is 0 Å². The van der Waals surface area contributed by atoms with Crippen molar-refractivity contribution in [3.8, 4) is 0 Å². The van der Waals surface area contributed by atoms with E-state index < -0.39 is 11.6 Å². The molecule has 39 heavy (non-hydrogen) atoms. The van der Waals surface area contributed by atoms with E-state index in [4.69, 9.17) is 9.72 Å². The fourth-order valence-electron chi connectivity index (χ4n) is 5.13. The van der Waals surface area contributed by atoms with Crippen molar-refractivity contribution < 1.29 is 9.53 Å². The summed E-state index contributed by atoms with van der Waals surface area (Å²) in [5.74, 6) is 0.668. The highest BCUT2D eigenvalue weighted by molar-refractivity contribution is 5.70. The van der Waals surface area contributed by atoms with Crippen LogP contribution in [0.2, 0.25) is 0 Å². The molecule has 1 N–H and O–H groups in total. The molecule has 1 aliphatic rings. The van der Waals surface area contributed by atoms with Crippen molar-refractivity contribution >= 4 is 11.9 Å². The Morgan fingerprint density at radius 1 is 0.795 bits per heavy atom. The van der Waals surface area contributed by atoms with Crippen LogP contribution in [0.4, 0.5) is 10.6 Å². The summed E-state index contributed by atoms with van der Waals surface area (Å²) in [7, 11) is 0. The third-order valence-corrected chi connectivity index (χ3v) is 7.11. The number of hydrogen-bond acceptors (Lipinski definition) is 4. The number of carbonyl (C=O) groups excluding carboxylic acids is 1. The number of hydrazine groups is 1. The molecule has 0 unspecified atom stereocenters. The lowest BCUT2D eigenvalue weighted by atomic mass is 9.77. The van der Waals surface area contributed by atoms with Gasteiger partial charge in [0.05, 0.1) is 18.6 Å². The lowest BCUT2D eigenvalue weighted by Gasteiger charge is -2.37. The van der Waals surface area contributed by atoms with E-state index in [2.05, 4.69) is 82.8 Å². The van der Waals surface area contributed by atoms with Gasteiger partial charge >= 0.3 is 6.09 Å². The van der Waals surface area contributed by atoms with E-state index in [1.54, 1.807) is 0 Å². The molecule has 0 atom stereocenters. The van der Waals surface area contributed by atoms with Crippen molar-refractivity contribution in [2.75, 3.05) is 5.01 Å². The first-order valence-corrected chi connectivity index (χ1v) is 13.2. The van der Waals surface area contributed by atoms with Gasteiger partial charge in [-0.25, -0.2) is 15.2 Å². The van der Waals surface area contributed by atoms with Crippen LogP contribution >= 0.6 is 0 Å². The molecule has 6 nitrogen and oxygen atoms in total. The molecule has 6 rings (SSSR count). The maximum atomic E-state index is 12.8. The standard InChI is InChI=1S/C33H30N4O2/c38-32(39-24-26-13-5-1-6-14-26)35-37(30-21-22-30)31-23-36(25-34-31)33(27-15-7-2-8-16-27,28-17-9-3-10-18-28)29-19-11-4-12-20-29/h1-20,23,25,30H,21-22,24H2,(H,35,38). The van der Waals surface area contributed by atoms with Gasteiger partial charge in [-0.05, 0) is 35.1 Å². The fourth-order valence-corrected chi connectivity index (χ4v) is 5.13. The number of aromatic nitrogens is 2. The molecule has 5 aromatic rings. The van der Waals surface area contributed by atoms with E-state index in [0.717, 1.165) is 35.1 Å². The molecular weight excluding hydrogens is 484 g/mol. The maximum Gasteiger partial charge on any atom is 0.426 e. The molecule has 1 aromatic heterocycles. The Morgan fingerprint density at radius 2 is 1.28 bits per heavy atom. The molecule has 1 amide bonds. The SMILES string of the molecule is O=C(NN(c1cn(C(c2ccccc2)(c2ccccc2)c2ccccc2)cn1)C1CC1)OCc1ccccc1. The second-order valence-corrected chi connectivity index (χ2v) is 9.72. The Hall–Kier alpha value is -4.84. The average molecular weight is 515 g/mol. The van der Waals surface area contributed by atoms with E-state index >= 15 is 0 Å². The van der Waals surface area contributed by atoms with Crippen molar-refractivity contribution in [1.82, 2.24) is 15.0 Å². The van der Waals surface area contributed by atoms with Gasteiger partial charge in [-0.2, -0.15) is 0 Å². The fraction of sp³-hybridized carbons (Fsp3) is 0.152. The van der Waals surface area contributed by atoms with Crippen LogP contribution in [0.15, 0.2) is 134 Å². The molecule has 0 radical (unpaired) electrons. The van der Waals surface area contributed by atoms with Gasteiger partial charge in [0, 0.05) is 0 Å². The number of anilines is 1. The largest absolute Gasteiger partial charge is 0.443 e. The highest BCUT2D eigenvalue weighted by Crippen LogP contribution is 2.41. The van der Waals surface area contributed by atoms with Crippen molar-refractivity contribution in [2.45, 2.75) is 31.0 Å². The number of amides is 1. The molecule has 0 spiro atoms. The quantitative estimate of drug-likeness (QED) is 0.179. The van der Waals surface area contributed by atoms with Gasteiger partial charge in [0.1, 0.15) is 12.1 Å². The summed E-state index contributed by atoms with van der Waals surface area (Å²) in [6.45, 7) is 0.207. The first-order valence-electron chi connectivity index (χ1n) is 13.2. The van der Waals surface area contributed by atoms with Crippen LogP contribution in [0, 0.1) is 0 Å². The minimum Gasteiger partial charge on any atom is -0.443 e. The molecule has 1 aliphatic carbocycles. The minimum absolute atomic E-state index is 0.178. The van der Waals surface area contributed by atoms with Crippen molar-refractivity contribution in [2.24, 2.45) is 0 Å². The van der Waals surface area contributed by atoms with Crippen LogP contribution < -0.4 is 10.4 Å². The van der Waals surface area contributed by atoms with Crippen molar-refractivity contribution in [3.05, 3.63) is 156 Å². The zero-order valence-electron chi connectivity index (χ0n) is 21.6. The molecule has 1 saturated carbocycles. The first-order chi connectivity index (χ1) is 19.2. The van der Waals surface area contributed by atoms with Gasteiger partial charge in [-0.3, -0.25) is 5.01 Å². The predicted octanol–water partition coefficient (Wildman–Crippen LogP) is 6.53. The molecule has 6 heteroatoms. The van der Waals surface area contributed by atoms with Crippen LogP contribution in [-0.2, 0) is 16.9 Å². The Labute approximate surface area is 228 Å². The molecule has 0 bridgehead atoms. The number of nitrogens with one attached hydrogen (secondary N) is 1. The summed E-state index contributed by atoms with van der Waals surface area (Å²) in [6.07, 6.45) is 5.33. The number of benzene rings is 4. The third kappa shape index (κ3) is 5.01. The summed E-state index contributed by atoms with van der Waals surface area (Å²) >= 11 is 0. The van der Waals surface area contributed by atoms with E-state index in [-0.39, 0.29) is 12.6 Å². The van der Waals surface area contributed by atoms with Gasteiger partial charge in [0.25, 0.3) is 0 Å². The first kappa shape index (κ1) is 24.5. The lowest BCUT2D eigenvalue weighted by Crippen LogP contribution is -2.44. The zero-order chi connectivity index (χ0) is 26.5. The van der Waals surface area contributed by atoms with Gasteiger partial charge in [-0.1, -0.05) is 121 Å². The predicted molar refractivity (Wildman–Crippen MR) is 152 cm³/mol. The van der Waals surface area contributed by atoms with Crippen LogP contribution in [-0.4, -0.2) is 21.7 Å². The highest BCUT2D eigenvalue weighted by Gasteiger charge is 2.40. The summed E-state index contributed by atoms with van der Waals surface area (Å²) in [5.41, 5.74) is 6.55. The Morgan fingerprint density at radius 3 is 1.77 bits per heavy atom. The minimum atomic E-state index is -0.669. The molecule has 0 saturated heterocycles. The monoisotopic (exact) mass is 514 g/mol. The summed E-state index contributed by atoms with van der Waals surface area (Å²) < 4.78 is 7.66. The number of nitrogens with zero attached hydrogens (tertiary/aromatic N) is 3. The summed E-state index contributed by atoms with van der Waals surface area (Å²) in [4.78, 5) is 17.6. The number of carbonyl (C=O) groups is 1. The van der Waals surface area contributed by atoms with Gasteiger partial charge < -0.3 is 9.30 Å². The Bertz CT molecular complexity index is 1400. The maximum absolute atomic E-state index is 12.8. The summed E-state index contributed by atoms with van der Waals surface area (Å²) in [5, 5.41) is 1.84. The molecule has 0 aliphatic heterocycles. The Balaban J connectivity index is 1.38. The zero-order valence-corrected chi connectivity index (χ0v) is 21.6. The topological polar surface area (TPSA) is 59.4 Å². The second kappa shape index (κ2) is 10.9. The highest BCUT2D eigenvalue weighted by atomic mass is 16.6. The summed E-state index contributed by atoms with van der Waals surface area (Å²) in [6, 6.07) is 41.2. The number of imidazole rings is 1. The molecular formula is C33H30N4O2. The molecule has 194 valence electrons. The second-order valence-electron chi connectivity index (χ2n) is 9.72. The van der Waals surface area contributed by atoms with Crippen LogP contribution in [0.3, 0.4) is 0 Å². The average Bonchev–Trinajstić information content (AvgIpc) is 3.74. The van der Waals surface area contributed by atoms with Gasteiger partial charge in [0.2, 0.25) is 0 Å². The van der Waals surface area contributed by atoms with Crippen molar-refractivity contribution in [3.63, 3.8) is 0 Å². The normalized spacial score (nSPS) is 13.0. The molecule has 4 aromatic carbocycles. The van der Waals surface area contributed by atoms with E-state index in [1.807, 2.05) is 66.1 Å². The lowest BCUT2D eigenvalue weighted by molar-refractivity contribution is 0.138. The number of ether oxygens (including phenoxy) is 1.